The van der Waals surface area contributed by atoms with Crippen molar-refractivity contribution in [1.29, 1.82) is 0 Å². The molecule has 1 atom stereocenters. The standard InChI is InChI=1S/C18H22NO2/c1-3-4-9-17(18(20)21-2)19-13-14-10-11-15-7-5-6-8-16(15)12-14/h5-8,11-12,17,19H,3-4,9,13H2,1-2H3. The fourth-order valence-electron chi connectivity index (χ4n) is 2.36. The van der Waals surface area contributed by atoms with Crippen LogP contribution in [0.2, 0.25) is 0 Å². The molecule has 0 amide bonds. The normalized spacial score (nSPS) is 12.3. The van der Waals surface area contributed by atoms with Gasteiger partial charge in [-0.25, -0.2) is 0 Å². The van der Waals surface area contributed by atoms with Crippen LogP contribution in [0.3, 0.4) is 0 Å². The Morgan fingerprint density at radius 2 is 2.10 bits per heavy atom. The highest BCUT2D eigenvalue weighted by Crippen LogP contribution is 2.15. The number of unbranched alkanes of at least 4 members (excludes halogenated alkanes) is 1. The third-order valence-corrected chi connectivity index (χ3v) is 3.61. The van der Waals surface area contributed by atoms with E-state index < -0.39 is 0 Å². The van der Waals surface area contributed by atoms with Gasteiger partial charge in [-0.2, -0.15) is 0 Å². The van der Waals surface area contributed by atoms with Gasteiger partial charge >= 0.3 is 5.97 Å². The average molecular weight is 284 g/mol. The van der Waals surface area contributed by atoms with Crippen LogP contribution < -0.4 is 5.32 Å². The topological polar surface area (TPSA) is 38.3 Å². The molecule has 0 bridgehead atoms. The minimum absolute atomic E-state index is 0.191. The molecule has 1 N–H and O–H groups in total. The van der Waals surface area contributed by atoms with Gasteiger partial charge < -0.3 is 10.1 Å². The van der Waals surface area contributed by atoms with Crippen molar-refractivity contribution in [2.75, 3.05) is 7.11 Å². The Hall–Kier alpha value is -1.87. The predicted octanol–water partition coefficient (Wildman–Crippen LogP) is 3.46. The summed E-state index contributed by atoms with van der Waals surface area (Å²) in [6.07, 6.45) is 2.88. The van der Waals surface area contributed by atoms with Crippen LogP contribution in [-0.4, -0.2) is 19.1 Å². The third kappa shape index (κ3) is 4.30. The van der Waals surface area contributed by atoms with E-state index in [1.54, 1.807) is 0 Å². The van der Waals surface area contributed by atoms with Crippen LogP contribution in [0.5, 0.6) is 0 Å². The summed E-state index contributed by atoms with van der Waals surface area (Å²) in [6, 6.07) is 15.3. The van der Waals surface area contributed by atoms with Crippen LogP contribution in [0.25, 0.3) is 10.8 Å². The molecule has 0 saturated heterocycles. The molecule has 0 aliphatic rings. The molecule has 1 radical (unpaired) electrons. The minimum Gasteiger partial charge on any atom is -0.468 e. The molecule has 1 unspecified atom stereocenters. The summed E-state index contributed by atoms with van der Waals surface area (Å²) in [6.45, 7) is 2.74. The van der Waals surface area contributed by atoms with E-state index in [0.717, 1.165) is 24.8 Å². The SMILES string of the molecule is CCCCC(NCc1[c]cc2ccccc2c1)C(=O)OC. The van der Waals surface area contributed by atoms with E-state index in [1.165, 1.54) is 17.9 Å². The molecule has 0 aromatic heterocycles. The lowest BCUT2D eigenvalue weighted by molar-refractivity contribution is -0.143. The Morgan fingerprint density at radius 3 is 2.81 bits per heavy atom. The molecule has 3 nitrogen and oxygen atoms in total. The number of benzene rings is 2. The second-order valence-electron chi connectivity index (χ2n) is 5.19. The molecule has 2 aromatic carbocycles. The van der Waals surface area contributed by atoms with Crippen molar-refractivity contribution in [2.45, 2.75) is 38.8 Å². The summed E-state index contributed by atoms with van der Waals surface area (Å²) in [5.41, 5.74) is 1.05. The van der Waals surface area contributed by atoms with Gasteiger partial charge in [0.25, 0.3) is 0 Å². The Kier molecular flexibility index (Phi) is 5.76. The maximum Gasteiger partial charge on any atom is 0.322 e. The van der Waals surface area contributed by atoms with Crippen molar-refractivity contribution in [1.82, 2.24) is 5.32 Å². The zero-order valence-electron chi connectivity index (χ0n) is 12.7. The van der Waals surface area contributed by atoms with Crippen molar-refractivity contribution in [3.63, 3.8) is 0 Å². The first-order valence-corrected chi connectivity index (χ1v) is 7.45. The molecule has 111 valence electrons. The van der Waals surface area contributed by atoms with Crippen LogP contribution in [0, 0.1) is 6.07 Å². The molecule has 0 fully saturated rings. The summed E-state index contributed by atoms with van der Waals surface area (Å²) in [7, 11) is 1.44. The van der Waals surface area contributed by atoms with Gasteiger partial charge in [0.15, 0.2) is 0 Å². The minimum atomic E-state index is -0.241. The second kappa shape index (κ2) is 7.79. The van der Waals surface area contributed by atoms with Crippen LogP contribution in [-0.2, 0) is 16.1 Å². The molecule has 0 spiro atoms. The zero-order chi connectivity index (χ0) is 15.1. The Morgan fingerprint density at radius 1 is 1.33 bits per heavy atom. The van der Waals surface area contributed by atoms with Gasteiger partial charge in [-0.15, -0.1) is 0 Å². The molecule has 0 heterocycles. The highest BCUT2D eigenvalue weighted by molar-refractivity contribution is 5.82. The van der Waals surface area contributed by atoms with E-state index in [0.29, 0.717) is 6.54 Å². The molecule has 0 saturated carbocycles. The number of rotatable bonds is 7. The summed E-state index contributed by atoms with van der Waals surface area (Å²) >= 11 is 0. The van der Waals surface area contributed by atoms with E-state index >= 15 is 0 Å². The lowest BCUT2D eigenvalue weighted by Crippen LogP contribution is -2.37. The highest BCUT2D eigenvalue weighted by Gasteiger charge is 2.17. The number of carbonyl (C=O) groups excluding carboxylic acids is 1. The number of hydrogen-bond donors (Lipinski definition) is 1. The molecule has 0 aliphatic heterocycles. The summed E-state index contributed by atoms with van der Waals surface area (Å²) in [5, 5.41) is 5.65. The summed E-state index contributed by atoms with van der Waals surface area (Å²) in [5.74, 6) is -0.191. The molecule has 2 aromatic rings. The zero-order valence-corrected chi connectivity index (χ0v) is 12.7. The molecular weight excluding hydrogens is 262 g/mol. The number of esters is 1. The van der Waals surface area contributed by atoms with E-state index in [-0.39, 0.29) is 12.0 Å². The van der Waals surface area contributed by atoms with Crippen molar-refractivity contribution in [2.24, 2.45) is 0 Å². The number of carbonyl (C=O) groups is 1. The smallest absolute Gasteiger partial charge is 0.322 e. The van der Waals surface area contributed by atoms with Gasteiger partial charge in [-0.05, 0) is 41.0 Å². The number of fused-ring (bicyclic) bond motifs is 1. The van der Waals surface area contributed by atoms with Crippen molar-refractivity contribution in [3.8, 4) is 0 Å². The number of hydrogen-bond acceptors (Lipinski definition) is 3. The van der Waals surface area contributed by atoms with E-state index in [1.807, 2.05) is 18.2 Å². The van der Waals surface area contributed by atoms with Crippen LogP contribution in [0.4, 0.5) is 0 Å². The first kappa shape index (κ1) is 15.5. The fraction of sp³-hybridized carbons (Fsp3) is 0.389. The molecule has 2 rings (SSSR count). The maximum absolute atomic E-state index is 11.8. The highest BCUT2D eigenvalue weighted by atomic mass is 16.5. The van der Waals surface area contributed by atoms with Crippen LogP contribution in [0.1, 0.15) is 31.7 Å². The lowest BCUT2D eigenvalue weighted by Gasteiger charge is -2.16. The molecule has 21 heavy (non-hydrogen) atoms. The molecular formula is C18H22NO2. The van der Waals surface area contributed by atoms with Gasteiger partial charge in [-0.1, -0.05) is 44.0 Å². The Labute approximate surface area is 126 Å². The summed E-state index contributed by atoms with van der Waals surface area (Å²) < 4.78 is 4.86. The Balaban J connectivity index is 2.02. The van der Waals surface area contributed by atoms with E-state index in [2.05, 4.69) is 36.5 Å². The maximum atomic E-state index is 11.8. The number of nitrogens with one attached hydrogen (secondary N) is 1. The van der Waals surface area contributed by atoms with Gasteiger partial charge in [0.05, 0.1) is 7.11 Å². The van der Waals surface area contributed by atoms with Crippen molar-refractivity contribution >= 4 is 16.7 Å². The first-order chi connectivity index (χ1) is 10.2. The molecule has 0 aliphatic carbocycles. The monoisotopic (exact) mass is 284 g/mol. The number of ether oxygens (including phenoxy) is 1. The first-order valence-electron chi connectivity index (χ1n) is 7.45. The fourth-order valence-corrected chi connectivity index (χ4v) is 2.36. The predicted molar refractivity (Wildman–Crippen MR) is 85.0 cm³/mol. The average Bonchev–Trinajstić information content (AvgIpc) is 2.54. The lowest BCUT2D eigenvalue weighted by atomic mass is 10.1. The third-order valence-electron chi connectivity index (χ3n) is 3.61. The van der Waals surface area contributed by atoms with Crippen LogP contribution in [0.15, 0.2) is 36.4 Å². The van der Waals surface area contributed by atoms with E-state index in [4.69, 9.17) is 4.74 Å². The largest absolute Gasteiger partial charge is 0.468 e. The molecule has 3 heteroatoms. The van der Waals surface area contributed by atoms with Crippen molar-refractivity contribution < 1.29 is 9.53 Å². The van der Waals surface area contributed by atoms with Gasteiger partial charge in [-0.3, -0.25) is 4.79 Å². The van der Waals surface area contributed by atoms with Gasteiger partial charge in [0, 0.05) is 6.54 Å². The van der Waals surface area contributed by atoms with E-state index in [9.17, 15) is 4.79 Å². The van der Waals surface area contributed by atoms with Gasteiger partial charge in [0.2, 0.25) is 0 Å². The van der Waals surface area contributed by atoms with Crippen molar-refractivity contribution in [3.05, 3.63) is 48.0 Å². The Bertz CT molecular complexity index is 595. The second-order valence-corrected chi connectivity index (χ2v) is 5.19. The summed E-state index contributed by atoms with van der Waals surface area (Å²) in [4.78, 5) is 11.8. The van der Waals surface area contributed by atoms with Crippen LogP contribution >= 0.6 is 0 Å². The van der Waals surface area contributed by atoms with Gasteiger partial charge in [0.1, 0.15) is 6.04 Å². The quantitative estimate of drug-likeness (QED) is 0.791. The number of methoxy groups -OCH3 is 1.